The number of hydrogen-bond acceptors (Lipinski definition) is 4. The van der Waals surface area contributed by atoms with Crippen molar-refractivity contribution in [1.82, 2.24) is 0 Å². The van der Waals surface area contributed by atoms with Crippen molar-refractivity contribution in [2.75, 3.05) is 11.9 Å². The second-order valence-corrected chi connectivity index (χ2v) is 15.5. The van der Waals surface area contributed by atoms with Gasteiger partial charge in [-0.25, -0.2) is 0 Å². The van der Waals surface area contributed by atoms with Gasteiger partial charge in [-0.15, -0.1) is 0 Å². The number of phenolic OH excluding ortho intramolecular Hbond substituents is 1. The Morgan fingerprint density at radius 2 is 1.72 bits per heavy atom. The molecule has 0 unspecified atom stereocenters. The average Bonchev–Trinajstić information content (AvgIpc) is 2.50. The van der Waals surface area contributed by atoms with Gasteiger partial charge in [0.1, 0.15) is 5.75 Å². The lowest BCUT2D eigenvalue weighted by molar-refractivity contribution is -0.305. The van der Waals surface area contributed by atoms with Crippen molar-refractivity contribution in [3.8, 4) is 5.75 Å². The first-order valence-electron chi connectivity index (χ1n) is 10.3. The number of rotatable bonds is 8. The number of carboxylic acid groups (broad SMARTS) is 1. The molecule has 0 atom stereocenters. The van der Waals surface area contributed by atoms with Crippen LogP contribution in [0, 0.1) is 13.8 Å². The molecule has 0 aliphatic rings. The summed E-state index contributed by atoms with van der Waals surface area (Å²) in [5.74, 6) is -0.561. The van der Waals surface area contributed by atoms with Gasteiger partial charge in [0, 0.05) is 23.5 Å². The third-order valence-electron chi connectivity index (χ3n) is 5.65. The number of carbonyl (C=O) groups is 1. The Labute approximate surface area is 187 Å². The Kier molecular flexibility index (Phi) is 11.2. The Morgan fingerprint density at radius 3 is 2.10 bits per heavy atom. The number of benzene rings is 1. The molecule has 1 aromatic carbocycles. The van der Waals surface area contributed by atoms with Crippen molar-refractivity contribution in [2.45, 2.75) is 91.3 Å². The monoisotopic (exact) mass is 487 g/mol. The molecule has 0 amide bonds. The summed E-state index contributed by atoms with van der Waals surface area (Å²) in [7, 11) is -1.70. The minimum Gasteiger partial charge on any atom is -0.550 e. The zero-order chi connectivity index (χ0) is 23.0. The fourth-order valence-electron chi connectivity index (χ4n) is 2.94. The topological polar surface area (TPSA) is 69.6 Å². The van der Waals surface area contributed by atoms with E-state index in [4.69, 9.17) is 4.43 Å². The van der Waals surface area contributed by atoms with Gasteiger partial charge in [0.2, 0.25) is 0 Å². The highest BCUT2D eigenvalue weighted by Gasteiger charge is 2.37. The smallest absolute Gasteiger partial charge is 0.191 e. The third kappa shape index (κ3) is 9.66. The van der Waals surface area contributed by atoms with Crippen LogP contribution >= 0.6 is 15.9 Å². The first-order valence-corrected chi connectivity index (χ1v) is 14.3. The van der Waals surface area contributed by atoms with Crippen molar-refractivity contribution in [2.24, 2.45) is 0 Å². The molecule has 0 aliphatic carbocycles. The van der Waals surface area contributed by atoms with Crippen molar-refractivity contribution < 1.29 is 19.4 Å². The summed E-state index contributed by atoms with van der Waals surface area (Å²) < 4.78 is 6.31. The van der Waals surface area contributed by atoms with E-state index < -0.39 is 14.3 Å². The molecule has 1 N–H and O–H groups in total. The maximum atomic E-state index is 10.4. The summed E-state index contributed by atoms with van der Waals surface area (Å²) in [6.07, 6.45) is 1.73. The van der Waals surface area contributed by atoms with Gasteiger partial charge < -0.3 is 19.4 Å². The number of carbonyl (C=O) groups excluding carboxylic acids is 1. The number of aliphatic carboxylic acids is 1. The van der Waals surface area contributed by atoms with Crippen molar-refractivity contribution in [1.29, 1.82) is 0 Å². The number of hydrogen-bond donors (Lipinski definition) is 1. The summed E-state index contributed by atoms with van der Waals surface area (Å²) in [6.45, 7) is 20.6. The summed E-state index contributed by atoms with van der Waals surface area (Å²) in [6, 6.07) is 4.00. The summed E-state index contributed by atoms with van der Waals surface area (Å²) in [5, 5.41) is 21.0. The van der Waals surface area contributed by atoms with E-state index in [1.807, 2.05) is 13.0 Å². The summed E-state index contributed by atoms with van der Waals surface area (Å²) in [4.78, 5) is 9.63. The number of phenols is 1. The van der Waals surface area contributed by atoms with E-state index in [1.54, 1.807) is 0 Å². The SMILES string of the molecule is Cc1cc(C)c(C(C)(C)CCO[Si](C)(C)C(C)(C)C)c(O)c1.O=C([O-])CCCBr. The van der Waals surface area contributed by atoms with Gasteiger partial charge in [0.15, 0.2) is 8.32 Å². The lowest BCUT2D eigenvalue weighted by Gasteiger charge is -2.37. The molecule has 0 radical (unpaired) electrons. The maximum absolute atomic E-state index is 10.4. The molecule has 168 valence electrons. The zero-order valence-corrected chi connectivity index (χ0v) is 22.3. The highest BCUT2D eigenvalue weighted by atomic mass is 79.9. The van der Waals surface area contributed by atoms with Crippen LogP contribution in [0.5, 0.6) is 5.75 Å². The van der Waals surface area contributed by atoms with E-state index in [0.29, 0.717) is 12.2 Å². The summed E-state index contributed by atoms with van der Waals surface area (Å²) >= 11 is 3.09. The van der Waals surface area contributed by atoms with E-state index >= 15 is 0 Å². The largest absolute Gasteiger partial charge is 0.550 e. The molecule has 0 heterocycles. The van der Waals surface area contributed by atoms with E-state index in [2.05, 4.69) is 76.6 Å². The zero-order valence-electron chi connectivity index (χ0n) is 19.7. The number of alkyl halides is 1. The highest BCUT2D eigenvalue weighted by Crippen LogP contribution is 2.39. The predicted molar refractivity (Wildman–Crippen MR) is 126 cm³/mol. The van der Waals surface area contributed by atoms with Crippen LogP contribution < -0.4 is 5.11 Å². The van der Waals surface area contributed by atoms with Crippen LogP contribution in [-0.4, -0.2) is 31.3 Å². The normalized spacial score (nSPS) is 12.3. The van der Waals surface area contributed by atoms with Crippen LogP contribution in [-0.2, 0) is 14.6 Å². The van der Waals surface area contributed by atoms with Crippen LogP contribution in [0.1, 0.15) is 70.6 Å². The van der Waals surface area contributed by atoms with E-state index in [9.17, 15) is 15.0 Å². The van der Waals surface area contributed by atoms with Gasteiger partial charge in [-0.2, -0.15) is 0 Å². The van der Waals surface area contributed by atoms with Crippen LogP contribution in [0.15, 0.2) is 12.1 Å². The fourth-order valence-corrected chi connectivity index (χ4v) is 4.27. The first kappa shape index (κ1) is 28.1. The molecular weight excluding hydrogens is 448 g/mol. The van der Waals surface area contributed by atoms with Gasteiger partial charge in [0.05, 0.1) is 0 Å². The summed E-state index contributed by atoms with van der Waals surface area (Å²) in [5.41, 5.74) is 3.23. The molecule has 0 aromatic heterocycles. The quantitative estimate of drug-likeness (QED) is 0.382. The Morgan fingerprint density at radius 1 is 1.17 bits per heavy atom. The maximum Gasteiger partial charge on any atom is 0.191 e. The molecule has 1 aromatic rings. The van der Waals surface area contributed by atoms with Gasteiger partial charge in [-0.1, -0.05) is 56.6 Å². The molecule has 0 fully saturated rings. The Hall–Kier alpha value is -0.853. The number of carboxylic acids is 1. The second kappa shape index (κ2) is 11.5. The first-order chi connectivity index (χ1) is 13.0. The average molecular weight is 489 g/mol. The molecule has 0 bridgehead atoms. The molecule has 0 saturated heterocycles. The van der Waals surface area contributed by atoms with E-state index in [-0.39, 0.29) is 16.9 Å². The van der Waals surface area contributed by atoms with E-state index in [0.717, 1.165) is 35.0 Å². The molecule has 6 heteroatoms. The second-order valence-electron chi connectivity index (χ2n) is 9.88. The number of halogens is 1. The molecule has 4 nitrogen and oxygen atoms in total. The highest BCUT2D eigenvalue weighted by molar-refractivity contribution is 9.09. The third-order valence-corrected chi connectivity index (χ3v) is 10.7. The van der Waals surface area contributed by atoms with Crippen LogP contribution in [0.3, 0.4) is 0 Å². The van der Waals surface area contributed by atoms with Crippen LogP contribution in [0.2, 0.25) is 18.1 Å². The van der Waals surface area contributed by atoms with Crippen molar-refractivity contribution >= 4 is 30.2 Å². The van der Waals surface area contributed by atoms with Crippen molar-refractivity contribution in [3.05, 3.63) is 28.8 Å². The number of aromatic hydroxyl groups is 1. The van der Waals surface area contributed by atoms with Gasteiger partial charge in [-0.3, -0.25) is 0 Å². The molecule has 1 rings (SSSR count). The van der Waals surface area contributed by atoms with Crippen LogP contribution in [0.25, 0.3) is 0 Å². The Bertz CT molecular complexity index is 640. The molecule has 0 saturated carbocycles. The number of aryl methyl sites for hydroxylation is 2. The lowest BCUT2D eigenvalue weighted by Crippen LogP contribution is -2.41. The van der Waals surface area contributed by atoms with Gasteiger partial charge in [-0.05, 0) is 73.9 Å². The predicted octanol–water partition coefficient (Wildman–Crippen LogP) is 5.61. The molecule has 0 aliphatic heterocycles. The van der Waals surface area contributed by atoms with Crippen molar-refractivity contribution in [3.63, 3.8) is 0 Å². The minimum absolute atomic E-state index is 0.0930. The lowest BCUT2D eigenvalue weighted by atomic mass is 9.78. The molecule has 29 heavy (non-hydrogen) atoms. The standard InChI is InChI=1S/C19H34O2Si.C4H7BrO2/c1-14-12-15(2)17(16(20)13-14)19(6,7)10-11-21-22(8,9)18(3,4)5;5-3-1-2-4(6)7/h12-13,20H,10-11H2,1-9H3;1-3H2,(H,6,7)/p-1. The Balaban J connectivity index is 0.000000956. The molecule has 0 spiro atoms. The van der Waals surface area contributed by atoms with Crippen LogP contribution in [0.4, 0.5) is 0 Å². The van der Waals surface area contributed by atoms with Gasteiger partial charge >= 0.3 is 0 Å². The fraction of sp³-hybridized carbons (Fsp3) is 0.696. The van der Waals surface area contributed by atoms with Gasteiger partial charge in [0.25, 0.3) is 0 Å². The minimum atomic E-state index is -1.70. The molecular formula is C23H40BrO4Si-. The van der Waals surface area contributed by atoms with E-state index in [1.165, 1.54) is 0 Å².